The molecule has 0 aromatic heterocycles. The van der Waals surface area contributed by atoms with Crippen LogP contribution in [0.4, 0.5) is 13.2 Å². The van der Waals surface area contributed by atoms with Gasteiger partial charge < -0.3 is 19.5 Å². The number of esters is 3. The number of dihydropyridines is 1. The molecule has 40 heavy (non-hydrogen) atoms. The SMILES string of the molecule is CCOC(=O)C1=C(CCC(OC(=O)C(F)(F)F)c2ccccc2)NC(C)=C(C(=O)OC)C1c1cccc(SC)c1. The van der Waals surface area contributed by atoms with Crippen molar-refractivity contribution in [3.05, 3.63) is 88.3 Å². The lowest BCUT2D eigenvalue weighted by molar-refractivity contribution is -0.205. The molecule has 2 atom stereocenters. The molecule has 7 nitrogen and oxygen atoms in total. The number of methoxy groups -OCH3 is 1. The molecule has 214 valence electrons. The maximum Gasteiger partial charge on any atom is 0.490 e. The van der Waals surface area contributed by atoms with Gasteiger partial charge in [-0.2, -0.15) is 13.2 Å². The molecule has 2 aromatic rings. The van der Waals surface area contributed by atoms with Crippen molar-refractivity contribution in [1.82, 2.24) is 5.32 Å². The molecule has 0 bridgehead atoms. The maximum atomic E-state index is 13.4. The maximum absolute atomic E-state index is 13.4. The standard InChI is InChI=1S/C29H30F3NO6S/c1-5-38-27(35)25-21(14-15-22(18-10-7-6-8-11-18)39-28(36)29(30,31)32)33-17(2)23(26(34)37-3)24(25)19-12-9-13-20(16-19)40-4/h6-13,16,22,24,33H,5,14-15H2,1-4H3. The molecule has 1 heterocycles. The number of carbonyl (C=O) groups is 3. The topological polar surface area (TPSA) is 90.9 Å². The fourth-order valence-corrected chi connectivity index (χ4v) is 4.98. The van der Waals surface area contributed by atoms with Gasteiger partial charge in [0.1, 0.15) is 6.10 Å². The van der Waals surface area contributed by atoms with E-state index in [2.05, 4.69) is 5.32 Å². The van der Waals surface area contributed by atoms with Gasteiger partial charge in [-0.25, -0.2) is 14.4 Å². The minimum atomic E-state index is -5.17. The lowest BCUT2D eigenvalue weighted by atomic mass is 9.79. The van der Waals surface area contributed by atoms with E-state index in [-0.39, 0.29) is 30.6 Å². The first-order valence-electron chi connectivity index (χ1n) is 12.4. The summed E-state index contributed by atoms with van der Waals surface area (Å²) in [6.45, 7) is 3.35. The number of hydrogen-bond donors (Lipinski definition) is 1. The Morgan fingerprint density at radius 3 is 2.33 bits per heavy atom. The number of alkyl halides is 3. The van der Waals surface area contributed by atoms with E-state index in [1.54, 1.807) is 56.3 Å². The molecule has 2 aromatic carbocycles. The molecule has 0 spiro atoms. The Bertz CT molecular complexity index is 1310. The molecular formula is C29H30F3NO6S. The van der Waals surface area contributed by atoms with Gasteiger partial charge in [0.15, 0.2) is 0 Å². The van der Waals surface area contributed by atoms with Crippen LogP contribution in [0.2, 0.25) is 0 Å². The molecular weight excluding hydrogens is 547 g/mol. The average Bonchev–Trinajstić information content (AvgIpc) is 2.94. The highest BCUT2D eigenvalue weighted by Crippen LogP contribution is 2.42. The van der Waals surface area contributed by atoms with Crippen molar-refractivity contribution in [2.75, 3.05) is 20.0 Å². The third-order valence-corrected chi connectivity index (χ3v) is 7.01. The van der Waals surface area contributed by atoms with Crippen LogP contribution in [-0.2, 0) is 28.6 Å². The second-order valence-corrected chi connectivity index (χ2v) is 9.70. The zero-order valence-corrected chi connectivity index (χ0v) is 23.3. The molecule has 1 aliphatic rings. The summed E-state index contributed by atoms with van der Waals surface area (Å²) in [7, 11) is 1.24. The highest BCUT2D eigenvalue weighted by molar-refractivity contribution is 7.98. The van der Waals surface area contributed by atoms with Crippen molar-refractivity contribution in [2.45, 2.75) is 49.8 Å². The summed E-state index contributed by atoms with van der Waals surface area (Å²) in [6, 6.07) is 15.4. The Morgan fingerprint density at radius 1 is 1.02 bits per heavy atom. The van der Waals surface area contributed by atoms with Gasteiger partial charge in [0.2, 0.25) is 0 Å². The van der Waals surface area contributed by atoms with Crippen molar-refractivity contribution < 1.29 is 41.8 Å². The Kier molecular flexibility index (Phi) is 10.4. The van der Waals surface area contributed by atoms with Crippen LogP contribution in [-0.4, -0.2) is 44.1 Å². The van der Waals surface area contributed by atoms with Crippen molar-refractivity contribution in [2.24, 2.45) is 0 Å². The number of benzene rings is 2. The first-order chi connectivity index (χ1) is 19.0. The fraction of sp³-hybridized carbons (Fsp3) is 0.345. The van der Waals surface area contributed by atoms with Gasteiger partial charge in [-0.1, -0.05) is 42.5 Å². The number of nitrogens with one attached hydrogen (secondary N) is 1. The minimum absolute atomic E-state index is 0.00333. The van der Waals surface area contributed by atoms with Crippen LogP contribution < -0.4 is 5.32 Å². The summed E-state index contributed by atoms with van der Waals surface area (Å²) in [6.07, 6.45) is -4.62. The van der Waals surface area contributed by atoms with Crippen LogP contribution in [0, 0.1) is 0 Å². The third kappa shape index (κ3) is 7.26. The van der Waals surface area contributed by atoms with Crippen molar-refractivity contribution in [3.63, 3.8) is 0 Å². The van der Waals surface area contributed by atoms with Crippen LogP contribution in [0.15, 0.2) is 82.0 Å². The predicted molar refractivity (Wildman–Crippen MR) is 143 cm³/mol. The lowest BCUT2D eigenvalue weighted by Gasteiger charge is -2.32. The normalized spacial score (nSPS) is 16.2. The number of thioether (sulfide) groups is 1. The summed E-state index contributed by atoms with van der Waals surface area (Å²) < 4.78 is 54.5. The summed E-state index contributed by atoms with van der Waals surface area (Å²) in [5.74, 6) is -4.52. The van der Waals surface area contributed by atoms with Crippen LogP contribution in [0.5, 0.6) is 0 Å². The van der Waals surface area contributed by atoms with E-state index >= 15 is 0 Å². The van der Waals surface area contributed by atoms with Crippen LogP contribution in [0.1, 0.15) is 49.8 Å². The Balaban J connectivity index is 2.11. The van der Waals surface area contributed by atoms with Crippen molar-refractivity contribution >= 4 is 29.7 Å². The van der Waals surface area contributed by atoms with Crippen LogP contribution in [0.3, 0.4) is 0 Å². The highest BCUT2D eigenvalue weighted by atomic mass is 32.2. The number of carbonyl (C=O) groups excluding carboxylic acids is 3. The van der Waals surface area contributed by atoms with E-state index in [9.17, 15) is 27.6 Å². The van der Waals surface area contributed by atoms with E-state index in [1.165, 1.54) is 18.9 Å². The van der Waals surface area contributed by atoms with E-state index in [0.29, 0.717) is 22.5 Å². The van der Waals surface area contributed by atoms with Gasteiger partial charge in [0, 0.05) is 16.3 Å². The monoisotopic (exact) mass is 577 g/mol. The summed E-state index contributed by atoms with van der Waals surface area (Å²) in [5, 5.41) is 3.08. The number of hydrogen-bond acceptors (Lipinski definition) is 8. The minimum Gasteiger partial charge on any atom is -0.466 e. The van der Waals surface area contributed by atoms with Crippen molar-refractivity contribution in [3.8, 4) is 0 Å². The first-order valence-corrected chi connectivity index (χ1v) is 13.7. The van der Waals surface area contributed by atoms with Gasteiger partial charge >= 0.3 is 24.1 Å². The second kappa shape index (κ2) is 13.6. The molecule has 0 saturated carbocycles. The van der Waals surface area contributed by atoms with Crippen molar-refractivity contribution in [1.29, 1.82) is 0 Å². The smallest absolute Gasteiger partial charge is 0.466 e. The van der Waals surface area contributed by atoms with Gasteiger partial charge in [0.25, 0.3) is 0 Å². The zero-order valence-electron chi connectivity index (χ0n) is 22.5. The third-order valence-electron chi connectivity index (χ3n) is 6.28. The highest BCUT2D eigenvalue weighted by Gasteiger charge is 2.43. The number of rotatable bonds is 10. The summed E-state index contributed by atoms with van der Waals surface area (Å²) in [4.78, 5) is 39.0. The largest absolute Gasteiger partial charge is 0.490 e. The molecule has 0 radical (unpaired) electrons. The molecule has 0 saturated heterocycles. The quantitative estimate of drug-likeness (QED) is 0.209. The Morgan fingerprint density at radius 2 is 1.73 bits per heavy atom. The molecule has 0 fully saturated rings. The Labute approximate surface area is 234 Å². The molecule has 2 unspecified atom stereocenters. The van der Waals surface area contributed by atoms with Gasteiger partial charge in [-0.05, 0) is 56.2 Å². The number of halogens is 3. The van der Waals surface area contributed by atoms with Crippen LogP contribution >= 0.6 is 11.8 Å². The van der Waals surface area contributed by atoms with Gasteiger partial charge in [0.05, 0.1) is 30.8 Å². The van der Waals surface area contributed by atoms with E-state index in [4.69, 9.17) is 14.2 Å². The molecule has 0 amide bonds. The van der Waals surface area contributed by atoms with E-state index in [0.717, 1.165) is 4.90 Å². The summed E-state index contributed by atoms with van der Waals surface area (Å²) in [5.41, 5.74) is 2.08. The van der Waals surface area contributed by atoms with E-state index < -0.39 is 36.1 Å². The van der Waals surface area contributed by atoms with Crippen LogP contribution in [0.25, 0.3) is 0 Å². The second-order valence-electron chi connectivity index (χ2n) is 8.82. The van der Waals surface area contributed by atoms with E-state index in [1.807, 2.05) is 18.4 Å². The molecule has 11 heteroatoms. The first kappa shape index (κ1) is 30.8. The molecule has 1 aliphatic heterocycles. The number of allylic oxidation sites excluding steroid dienone is 2. The summed E-state index contributed by atoms with van der Waals surface area (Å²) >= 11 is 1.48. The van der Waals surface area contributed by atoms with Gasteiger partial charge in [-0.3, -0.25) is 0 Å². The molecule has 0 aliphatic carbocycles. The molecule has 1 N–H and O–H groups in total. The molecule has 3 rings (SSSR count). The fourth-order valence-electron chi connectivity index (χ4n) is 4.51. The number of ether oxygens (including phenoxy) is 3. The average molecular weight is 578 g/mol. The predicted octanol–water partition coefficient (Wildman–Crippen LogP) is 5.99. The zero-order chi connectivity index (χ0) is 29.4. The van der Waals surface area contributed by atoms with Gasteiger partial charge in [-0.15, -0.1) is 11.8 Å². The Hall–Kier alpha value is -3.73. The lowest BCUT2D eigenvalue weighted by Crippen LogP contribution is -2.33.